The predicted molar refractivity (Wildman–Crippen MR) is 80.6 cm³/mol. The van der Waals surface area contributed by atoms with Crippen LogP contribution in [0.15, 0.2) is 30.6 Å². The number of benzene rings is 1. The van der Waals surface area contributed by atoms with Gasteiger partial charge in [0, 0.05) is 6.20 Å². The maximum atomic E-state index is 13.3. The van der Waals surface area contributed by atoms with Crippen LogP contribution in [0.1, 0.15) is 29.3 Å². The van der Waals surface area contributed by atoms with E-state index in [9.17, 15) is 22.7 Å². The Labute approximate surface area is 132 Å². The number of ketones is 1. The number of aromatic hydroxyl groups is 1. The van der Waals surface area contributed by atoms with Gasteiger partial charge in [-0.05, 0) is 31.5 Å². The van der Waals surface area contributed by atoms with Crippen molar-refractivity contribution in [2.24, 2.45) is 0 Å². The fourth-order valence-electron chi connectivity index (χ4n) is 2.76. The topological polar surface area (TPSA) is 89.3 Å². The van der Waals surface area contributed by atoms with Gasteiger partial charge in [0.15, 0.2) is 15.6 Å². The lowest BCUT2D eigenvalue weighted by molar-refractivity contribution is 0.103. The number of hydrogen-bond donors (Lipinski definition) is 1. The first-order valence-corrected chi connectivity index (χ1v) is 8.81. The normalized spacial score (nSPS) is 23.0. The molecule has 122 valence electrons. The molecule has 2 aromatic rings. The van der Waals surface area contributed by atoms with Crippen LogP contribution in [0.2, 0.25) is 0 Å². The first-order valence-electron chi connectivity index (χ1n) is 6.99. The van der Waals surface area contributed by atoms with E-state index in [1.165, 1.54) is 17.1 Å². The van der Waals surface area contributed by atoms with Crippen molar-refractivity contribution in [1.29, 1.82) is 0 Å². The van der Waals surface area contributed by atoms with Gasteiger partial charge >= 0.3 is 0 Å². The molecule has 1 aromatic carbocycles. The predicted octanol–water partition coefficient (Wildman–Crippen LogP) is 1.49. The molecule has 8 heteroatoms. The summed E-state index contributed by atoms with van der Waals surface area (Å²) in [5, 5.41) is 13.8. The molecule has 1 saturated heterocycles. The maximum Gasteiger partial charge on any atom is 0.200 e. The number of phenols is 1. The van der Waals surface area contributed by atoms with Gasteiger partial charge in [-0.3, -0.25) is 9.48 Å². The highest BCUT2D eigenvalue weighted by molar-refractivity contribution is 7.91. The number of carbonyl (C=O) groups is 1. The van der Waals surface area contributed by atoms with Gasteiger partial charge < -0.3 is 5.11 Å². The quantitative estimate of drug-likeness (QED) is 0.857. The second-order valence-electron chi connectivity index (χ2n) is 6.00. The molecule has 0 unspecified atom stereocenters. The molecule has 1 aromatic heterocycles. The van der Waals surface area contributed by atoms with E-state index in [4.69, 9.17) is 0 Å². The van der Waals surface area contributed by atoms with Crippen molar-refractivity contribution in [2.45, 2.75) is 18.9 Å². The van der Waals surface area contributed by atoms with Gasteiger partial charge in [-0.2, -0.15) is 5.10 Å². The SMILES string of the molecule is C[C@]1(n2cc(C(=O)c3cc(F)ccc3O)cn2)CCS(=O)(=O)C1. The van der Waals surface area contributed by atoms with Gasteiger partial charge in [-0.15, -0.1) is 0 Å². The van der Waals surface area contributed by atoms with Gasteiger partial charge in [0.2, 0.25) is 0 Å². The van der Waals surface area contributed by atoms with Crippen LogP contribution in [0.25, 0.3) is 0 Å². The Bertz CT molecular complexity index is 891. The molecule has 0 bridgehead atoms. The Balaban J connectivity index is 1.93. The van der Waals surface area contributed by atoms with E-state index in [1.54, 1.807) is 6.92 Å². The molecule has 0 saturated carbocycles. The minimum atomic E-state index is -3.11. The third kappa shape index (κ3) is 2.86. The number of halogens is 1. The third-order valence-electron chi connectivity index (χ3n) is 4.08. The van der Waals surface area contributed by atoms with Crippen LogP contribution in [-0.2, 0) is 15.4 Å². The van der Waals surface area contributed by atoms with Crippen molar-refractivity contribution in [2.75, 3.05) is 11.5 Å². The van der Waals surface area contributed by atoms with Gasteiger partial charge in [0.05, 0.1) is 34.4 Å². The highest BCUT2D eigenvalue weighted by Gasteiger charge is 2.40. The molecule has 2 heterocycles. The summed E-state index contributed by atoms with van der Waals surface area (Å²) in [6.45, 7) is 1.76. The first kappa shape index (κ1) is 15.7. The summed E-state index contributed by atoms with van der Waals surface area (Å²) in [4.78, 5) is 12.4. The molecular weight excluding hydrogens is 323 g/mol. The van der Waals surface area contributed by atoms with Crippen molar-refractivity contribution in [3.05, 3.63) is 47.5 Å². The average Bonchev–Trinajstić information content (AvgIpc) is 3.07. The van der Waals surface area contributed by atoms with Gasteiger partial charge in [-0.1, -0.05) is 0 Å². The maximum absolute atomic E-state index is 13.3. The molecular formula is C15H15FN2O4S. The molecule has 23 heavy (non-hydrogen) atoms. The number of hydrogen-bond acceptors (Lipinski definition) is 5. The average molecular weight is 338 g/mol. The minimum Gasteiger partial charge on any atom is -0.507 e. The van der Waals surface area contributed by atoms with E-state index in [-0.39, 0.29) is 28.4 Å². The molecule has 3 rings (SSSR count). The Hall–Kier alpha value is -2.22. The van der Waals surface area contributed by atoms with E-state index < -0.39 is 27.0 Å². The van der Waals surface area contributed by atoms with E-state index >= 15 is 0 Å². The fourth-order valence-corrected chi connectivity index (χ4v) is 4.87. The van der Waals surface area contributed by atoms with Crippen LogP contribution in [0, 0.1) is 5.82 Å². The zero-order chi connectivity index (χ0) is 16.8. The van der Waals surface area contributed by atoms with Gasteiger partial charge in [0.1, 0.15) is 11.6 Å². The standard InChI is InChI=1S/C15H15FN2O4S/c1-15(4-5-23(21,22)9-15)18-8-10(7-17-18)14(20)12-6-11(16)2-3-13(12)19/h2-3,6-8,19H,4-5,9H2,1H3/t15-/m0/s1. The van der Waals surface area contributed by atoms with Gasteiger partial charge in [0.25, 0.3) is 0 Å². The van der Waals surface area contributed by atoms with Crippen LogP contribution in [-0.4, -0.2) is 40.6 Å². The van der Waals surface area contributed by atoms with Crippen molar-refractivity contribution in [3.8, 4) is 5.75 Å². The van der Waals surface area contributed by atoms with Crippen molar-refractivity contribution in [1.82, 2.24) is 9.78 Å². The largest absolute Gasteiger partial charge is 0.507 e. The smallest absolute Gasteiger partial charge is 0.200 e. The Morgan fingerprint density at radius 3 is 2.83 bits per heavy atom. The first-order chi connectivity index (χ1) is 10.7. The molecule has 1 aliphatic heterocycles. The van der Waals surface area contributed by atoms with Gasteiger partial charge in [-0.25, -0.2) is 12.8 Å². The molecule has 0 spiro atoms. The lowest BCUT2D eigenvalue weighted by Crippen LogP contribution is -2.31. The monoisotopic (exact) mass is 338 g/mol. The summed E-state index contributed by atoms with van der Waals surface area (Å²) >= 11 is 0. The highest BCUT2D eigenvalue weighted by Crippen LogP contribution is 2.30. The van der Waals surface area contributed by atoms with Crippen LogP contribution in [0.4, 0.5) is 4.39 Å². The molecule has 6 nitrogen and oxygen atoms in total. The molecule has 1 N–H and O–H groups in total. The second kappa shape index (κ2) is 5.16. The number of phenolic OH excluding ortho intramolecular Hbond substituents is 1. The van der Waals surface area contributed by atoms with Crippen LogP contribution in [0.3, 0.4) is 0 Å². The molecule has 1 aliphatic rings. The lowest BCUT2D eigenvalue weighted by Gasteiger charge is -2.22. The van der Waals surface area contributed by atoms with E-state index in [2.05, 4.69) is 5.10 Å². The third-order valence-corrected chi connectivity index (χ3v) is 5.97. The fraction of sp³-hybridized carbons (Fsp3) is 0.333. The zero-order valence-electron chi connectivity index (χ0n) is 12.4. The second-order valence-corrected chi connectivity index (χ2v) is 8.19. The number of nitrogens with zero attached hydrogens (tertiary/aromatic N) is 2. The molecule has 0 aliphatic carbocycles. The Kier molecular flexibility index (Phi) is 3.51. The number of carbonyl (C=O) groups excluding carboxylic acids is 1. The number of rotatable bonds is 3. The molecule has 1 fully saturated rings. The Morgan fingerprint density at radius 1 is 1.43 bits per heavy atom. The van der Waals surface area contributed by atoms with Crippen LogP contribution < -0.4 is 0 Å². The van der Waals surface area contributed by atoms with E-state index in [0.717, 1.165) is 18.2 Å². The van der Waals surface area contributed by atoms with E-state index in [0.29, 0.717) is 6.42 Å². The summed E-state index contributed by atoms with van der Waals surface area (Å²) in [6.07, 6.45) is 3.15. The summed E-state index contributed by atoms with van der Waals surface area (Å²) in [5.41, 5.74) is -0.702. The number of sulfone groups is 1. The van der Waals surface area contributed by atoms with Crippen molar-refractivity contribution < 1.29 is 22.7 Å². The van der Waals surface area contributed by atoms with Crippen LogP contribution in [0.5, 0.6) is 5.75 Å². The lowest BCUT2D eigenvalue weighted by atomic mass is 10.0. The summed E-state index contributed by atoms with van der Waals surface area (Å²) in [6, 6.07) is 3.12. The Morgan fingerprint density at radius 2 is 2.17 bits per heavy atom. The summed E-state index contributed by atoms with van der Waals surface area (Å²) < 4.78 is 38.1. The minimum absolute atomic E-state index is 0.0411. The van der Waals surface area contributed by atoms with Crippen molar-refractivity contribution in [3.63, 3.8) is 0 Å². The molecule has 0 amide bonds. The molecule has 1 atom stereocenters. The highest BCUT2D eigenvalue weighted by atomic mass is 32.2. The van der Waals surface area contributed by atoms with E-state index in [1.807, 2.05) is 0 Å². The van der Waals surface area contributed by atoms with Crippen LogP contribution >= 0.6 is 0 Å². The van der Waals surface area contributed by atoms with Crippen molar-refractivity contribution >= 4 is 15.6 Å². The summed E-state index contributed by atoms with van der Waals surface area (Å²) in [7, 11) is -3.11. The summed E-state index contributed by atoms with van der Waals surface area (Å²) in [5.74, 6) is -1.48. The number of aromatic nitrogens is 2. The molecule has 0 radical (unpaired) electrons. The zero-order valence-corrected chi connectivity index (χ0v) is 13.2.